The van der Waals surface area contributed by atoms with Crippen LogP contribution in [0.15, 0.2) is 11.1 Å². The molecule has 0 N–H and O–H groups in total. The van der Waals surface area contributed by atoms with Gasteiger partial charge in [0.05, 0.1) is 6.04 Å². The van der Waals surface area contributed by atoms with Gasteiger partial charge in [-0.1, -0.05) is 0 Å². The van der Waals surface area contributed by atoms with Crippen LogP contribution in [0.3, 0.4) is 0 Å². The Morgan fingerprint density at radius 2 is 2.36 bits per heavy atom. The topological polar surface area (TPSA) is 32.7 Å². The van der Waals surface area contributed by atoms with E-state index >= 15 is 0 Å². The predicted octanol–water partition coefficient (Wildman–Crippen LogP) is 0.461. The van der Waals surface area contributed by atoms with Crippen LogP contribution in [-0.2, 0) is 4.79 Å². The highest BCUT2D eigenvalue weighted by atomic mass is 16.2. The molecule has 0 aromatic heterocycles. The molecule has 0 saturated carbocycles. The highest BCUT2D eigenvalue weighted by Crippen LogP contribution is 2.19. The van der Waals surface area contributed by atoms with E-state index in [1.54, 1.807) is 18.0 Å². The van der Waals surface area contributed by atoms with Gasteiger partial charge in [-0.3, -0.25) is 4.79 Å². The molecule has 1 fully saturated rings. The van der Waals surface area contributed by atoms with Gasteiger partial charge < -0.3 is 4.90 Å². The van der Waals surface area contributed by atoms with Gasteiger partial charge in [-0.15, -0.1) is 0 Å². The lowest BCUT2D eigenvalue weighted by Gasteiger charge is -2.39. The Balaban J connectivity index is 2.63. The van der Waals surface area contributed by atoms with E-state index in [2.05, 4.69) is 10.9 Å². The molecule has 2 unspecified atom stereocenters. The van der Waals surface area contributed by atoms with Gasteiger partial charge in [0.25, 0.3) is 0 Å². The van der Waals surface area contributed by atoms with Gasteiger partial charge in [-0.05, 0) is 25.8 Å². The third-order valence-corrected chi connectivity index (χ3v) is 2.01. The summed E-state index contributed by atoms with van der Waals surface area (Å²) in [6.45, 7) is 3.81. The fourth-order valence-electron chi connectivity index (χ4n) is 1.06. The number of likely N-dealkylation sites (N-methyl/N-ethyl adjacent to an activating group) is 1. The van der Waals surface area contributed by atoms with Gasteiger partial charge >= 0.3 is 0 Å². The fraction of sp³-hybridized carbons (Fsp3) is 0.625. The zero-order chi connectivity index (χ0) is 8.43. The lowest BCUT2D eigenvalue weighted by Crippen LogP contribution is -2.60. The molecule has 1 rings (SSSR count). The summed E-state index contributed by atoms with van der Waals surface area (Å²) in [5.74, 6) is 2.77. The zero-order valence-corrected chi connectivity index (χ0v) is 7.03. The normalized spacial score (nSPS) is 29.0. The Hall–Kier alpha value is -1.08. The minimum atomic E-state index is -0.184. The lowest BCUT2D eigenvalue weighted by molar-refractivity contribution is -0.145. The average molecular weight is 152 g/mol. The summed E-state index contributed by atoms with van der Waals surface area (Å²) in [4.78, 5) is 16.7. The minimum absolute atomic E-state index is 0.0897. The van der Waals surface area contributed by atoms with E-state index in [-0.39, 0.29) is 18.0 Å². The molecule has 0 radical (unpaired) electrons. The molecule has 1 heterocycles. The highest BCUT2D eigenvalue weighted by Gasteiger charge is 2.41. The maximum atomic E-state index is 11.1. The molecule has 2 atom stereocenters. The summed E-state index contributed by atoms with van der Waals surface area (Å²) in [7, 11) is 1.79. The van der Waals surface area contributed by atoms with Gasteiger partial charge in [0.1, 0.15) is 0 Å². The Labute approximate surface area is 66.4 Å². The predicted molar refractivity (Wildman–Crippen MR) is 43.7 cm³/mol. The Kier molecular flexibility index (Phi) is 2.11. The molecule has 0 aromatic carbocycles. The number of aliphatic imine (C=N–C) groups is 1. The van der Waals surface area contributed by atoms with Gasteiger partial charge in [0.15, 0.2) is 6.04 Å². The number of β-lactam (4-membered cyclic amide) rings is 1. The fourth-order valence-corrected chi connectivity index (χ4v) is 1.06. The van der Waals surface area contributed by atoms with Crippen LogP contribution in [-0.4, -0.2) is 35.8 Å². The van der Waals surface area contributed by atoms with Crippen LogP contribution in [0.2, 0.25) is 0 Å². The Morgan fingerprint density at radius 1 is 1.73 bits per heavy atom. The van der Waals surface area contributed by atoms with Crippen molar-refractivity contribution in [1.82, 2.24) is 4.90 Å². The molecule has 1 aliphatic heterocycles. The van der Waals surface area contributed by atoms with Crippen LogP contribution >= 0.6 is 0 Å². The molecule has 3 heteroatoms. The van der Waals surface area contributed by atoms with Crippen molar-refractivity contribution < 1.29 is 4.79 Å². The van der Waals surface area contributed by atoms with E-state index in [9.17, 15) is 4.79 Å². The average Bonchev–Trinajstić information content (AvgIpc) is 2.04. The van der Waals surface area contributed by atoms with Crippen LogP contribution in [0.25, 0.3) is 0 Å². The van der Waals surface area contributed by atoms with Crippen molar-refractivity contribution in [2.75, 3.05) is 7.05 Å². The highest BCUT2D eigenvalue weighted by molar-refractivity contribution is 5.90. The number of rotatable bonds is 1. The van der Waals surface area contributed by atoms with Crippen molar-refractivity contribution in [2.45, 2.75) is 25.9 Å². The van der Waals surface area contributed by atoms with Crippen LogP contribution in [0.1, 0.15) is 13.8 Å². The second-order valence-corrected chi connectivity index (χ2v) is 2.68. The summed E-state index contributed by atoms with van der Waals surface area (Å²) >= 11 is 0. The van der Waals surface area contributed by atoms with Crippen molar-refractivity contribution >= 4 is 11.8 Å². The van der Waals surface area contributed by atoms with Gasteiger partial charge in [-0.25, -0.2) is 4.99 Å². The number of allylic oxidation sites excluding steroid dienone is 1. The summed E-state index contributed by atoms with van der Waals surface area (Å²) in [6.07, 6.45) is 1.71. The minimum Gasteiger partial charge on any atom is -0.338 e. The first-order valence-electron chi connectivity index (χ1n) is 3.68. The van der Waals surface area contributed by atoms with Gasteiger partial charge in [-0.2, -0.15) is 0 Å². The van der Waals surface area contributed by atoms with Crippen molar-refractivity contribution in [3.8, 4) is 0 Å². The number of amides is 1. The summed E-state index contributed by atoms with van der Waals surface area (Å²) in [5.41, 5.74) is 0. The van der Waals surface area contributed by atoms with E-state index in [0.717, 1.165) is 0 Å². The van der Waals surface area contributed by atoms with Crippen molar-refractivity contribution in [3.63, 3.8) is 0 Å². The van der Waals surface area contributed by atoms with Gasteiger partial charge in [0.2, 0.25) is 5.91 Å². The molecule has 0 aliphatic carbocycles. The molecular weight excluding hydrogens is 140 g/mol. The molecule has 11 heavy (non-hydrogen) atoms. The van der Waals surface area contributed by atoms with E-state index in [4.69, 9.17) is 0 Å². The van der Waals surface area contributed by atoms with E-state index < -0.39 is 0 Å². The molecule has 3 nitrogen and oxygen atoms in total. The second kappa shape index (κ2) is 2.89. The van der Waals surface area contributed by atoms with E-state index in [1.165, 1.54) is 0 Å². The summed E-state index contributed by atoms with van der Waals surface area (Å²) in [5, 5.41) is 0. The van der Waals surface area contributed by atoms with Crippen LogP contribution in [0.5, 0.6) is 0 Å². The molecule has 0 aromatic rings. The molecule has 0 spiro atoms. The number of nitrogens with zero attached hydrogens (tertiary/aromatic N) is 2. The largest absolute Gasteiger partial charge is 0.338 e. The van der Waals surface area contributed by atoms with Crippen LogP contribution in [0, 0.1) is 0 Å². The molecular formula is C8H12N2O. The summed E-state index contributed by atoms with van der Waals surface area (Å²) < 4.78 is 0. The van der Waals surface area contributed by atoms with Crippen LogP contribution in [0.4, 0.5) is 0 Å². The zero-order valence-electron chi connectivity index (χ0n) is 7.03. The number of hydrogen-bond acceptors (Lipinski definition) is 2. The van der Waals surface area contributed by atoms with Crippen molar-refractivity contribution in [3.05, 3.63) is 6.08 Å². The molecule has 60 valence electrons. The SMILES string of the molecule is CC=C=NC1C(=O)N(C)C1C. The monoisotopic (exact) mass is 152 g/mol. The number of carbonyl (C=O) groups excluding carboxylic acids is 1. The van der Waals surface area contributed by atoms with Gasteiger partial charge in [0, 0.05) is 7.05 Å². The maximum Gasteiger partial charge on any atom is 0.250 e. The first kappa shape index (κ1) is 8.02. The van der Waals surface area contributed by atoms with Crippen LogP contribution < -0.4 is 0 Å². The summed E-state index contributed by atoms with van der Waals surface area (Å²) in [6, 6.07) is 0.0474. The van der Waals surface area contributed by atoms with E-state index in [0.29, 0.717) is 0 Å². The number of carbonyl (C=O) groups is 1. The first-order chi connectivity index (χ1) is 5.18. The molecule has 1 saturated heterocycles. The standard InChI is InChI=1S/C8H12N2O/c1-4-5-9-7-6(2)10(3)8(7)11/h4,6-7H,1-3H3. The Bertz CT molecular complexity index is 226. The Morgan fingerprint density at radius 3 is 2.82 bits per heavy atom. The molecule has 1 aliphatic rings. The number of hydrogen-bond donors (Lipinski definition) is 0. The van der Waals surface area contributed by atoms with Crippen molar-refractivity contribution in [2.24, 2.45) is 4.99 Å². The van der Waals surface area contributed by atoms with E-state index in [1.807, 2.05) is 13.8 Å². The maximum absolute atomic E-state index is 11.1. The molecule has 0 bridgehead atoms. The lowest BCUT2D eigenvalue weighted by atomic mass is 9.99. The number of likely N-dealkylation sites (tertiary alicyclic amines) is 1. The third-order valence-electron chi connectivity index (χ3n) is 2.01. The van der Waals surface area contributed by atoms with Crippen molar-refractivity contribution in [1.29, 1.82) is 0 Å². The first-order valence-corrected chi connectivity index (χ1v) is 3.68. The smallest absolute Gasteiger partial charge is 0.250 e. The molecule has 1 amide bonds. The quantitative estimate of drug-likeness (QED) is 0.397. The second-order valence-electron chi connectivity index (χ2n) is 2.68. The third kappa shape index (κ3) is 1.19.